The maximum atomic E-state index is 10.4. The second-order valence-corrected chi connectivity index (χ2v) is 8.27. The maximum absolute atomic E-state index is 10.4. The van der Waals surface area contributed by atoms with E-state index < -0.39 is 6.10 Å². The first-order chi connectivity index (χ1) is 14.4. The lowest BCUT2D eigenvalue weighted by Gasteiger charge is -2.33. The van der Waals surface area contributed by atoms with Gasteiger partial charge in [0.15, 0.2) is 11.5 Å². The van der Waals surface area contributed by atoms with Gasteiger partial charge in [-0.1, -0.05) is 6.07 Å². The lowest BCUT2D eigenvalue weighted by atomic mass is 10.2. The first-order valence-electron chi connectivity index (χ1n) is 10.5. The third-order valence-electron chi connectivity index (χ3n) is 5.37. The summed E-state index contributed by atoms with van der Waals surface area (Å²) >= 11 is 0. The van der Waals surface area contributed by atoms with Gasteiger partial charge in [-0.3, -0.25) is 14.9 Å². The normalized spacial score (nSPS) is 16.7. The Morgan fingerprint density at radius 2 is 1.93 bits per heavy atom. The molecular weight excluding hydrogens is 382 g/mol. The number of benzene rings is 1. The van der Waals surface area contributed by atoms with E-state index in [4.69, 9.17) is 9.47 Å². The monoisotopic (exact) mass is 417 g/mol. The summed E-state index contributed by atoms with van der Waals surface area (Å²) in [6.07, 6.45) is -0.535. The molecule has 3 rings (SSSR count). The number of β-amino-alcohol motifs (C(OH)–C–C–N with tert-alkyl or cyclic N) is 1. The number of aromatic amines is 1. The molecule has 0 bridgehead atoms. The van der Waals surface area contributed by atoms with Crippen LogP contribution >= 0.6 is 0 Å². The molecule has 0 spiro atoms. The SMILES string of the molecule is COc1ccc(CN(C)Cc2cc(C)[nH]n2)cc1OC[C@H](O)CN1CCN(C)CC1. The lowest BCUT2D eigenvalue weighted by Crippen LogP contribution is -2.47. The van der Waals surface area contributed by atoms with Crippen molar-refractivity contribution >= 4 is 0 Å². The van der Waals surface area contributed by atoms with Crippen molar-refractivity contribution in [2.75, 3.05) is 60.5 Å². The van der Waals surface area contributed by atoms with E-state index in [0.29, 0.717) is 18.0 Å². The molecule has 1 atom stereocenters. The van der Waals surface area contributed by atoms with Crippen molar-refractivity contribution in [3.63, 3.8) is 0 Å². The molecule has 2 N–H and O–H groups in total. The minimum Gasteiger partial charge on any atom is -0.493 e. The van der Waals surface area contributed by atoms with E-state index >= 15 is 0 Å². The smallest absolute Gasteiger partial charge is 0.161 e. The van der Waals surface area contributed by atoms with Gasteiger partial charge in [-0.2, -0.15) is 5.10 Å². The summed E-state index contributed by atoms with van der Waals surface area (Å²) in [6.45, 7) is 8.43. The van der Waals surface area contributed by atoms with Gasteiger partial charge in [-0.05, 0) is 44.8 Å². The zero-order chi connectivity index (χ0) is 21.5. The van der Waals surface area contributed by atoms with E-state index in [0.717, 1.165) is 56.2 Å². The fraction of sp³-hybridized carbons (Fsp3) is 0.591. The molecular formula is C22H35N5O3. The summed E-state index contributed by atoms with van der Waals surface area (Å²) in [6, 6.07) is 8.01. The van der Waals surface area contributed by atoms with Gasteiger partial charge in [0, 0.05) is 51.5 Å². The van der Waals surface area contributed by atoms with E-state index in [-0.39, 0.29) is 6.61 Å². The third kappa shape index (κ3) is 6.70. The van der Waals surface area contributed by atoms with Gasteiger partial charge in [0.2, 0.25) is 0 Å². The second kappa shape index (κ2) is 10.8. The summed E-state index contributed by atoms with van der Waals surface area (Å²) in [4.78, 5) is 6.79. The Bertz CT molecular complexity index is 789. The van der Waals surface area contributed by atoms with Crippen molar-refractivity contribution < 1.29 is 14.6 Å². The Kier molecular flexibility index (Phi) is 8.09. The standard InChI is InChI=1S/C22H35N5O3/c1-17-11-19(24-23-17)14-26(3)13-18-5-6-21(29-4)22(12-18)30-16-20(28)15-27-9-7-25(2)8-10-27/h5-6,11-12,20,28H,7-10,13-16H2,1-4H3,(H,23,24)/t20-/m1/s1. The fourth-order valence-electron chi connectivity index (χ4n) is 3.70. The van der Waals surface area contributed by atoms with E-state index in [1.54, 1.807) is 7.11 Å². The Labute approximate surface area is 179 Å². The minimum absolute atomic E-state index is 0.245. The Balaban J connectivity index is 1.53. The average Bonchev–Trinajstić information content (AvgIpc) is 3.12. The molecule has 0 unspecified atom stereocenters. The number of rotatable bonds is 10. The summed E-state index contributed by atoms with van der Waals surface area (Å²) in [5, 5.41) is 17.7. The van der Waals surface area contributed by atoms with Crippen molar-refractivity contribution in [2.45, 2.75) is 26.1 Å². The van der Waals surface area contributed by atoms with Crippen molar-refractivity contribution in [1.29, 1.82) is 0 Å². The minimum atomic E-state index is -0.535. The van der Waals surface area contributed by atoms with Crippen LogP contribution in [0.25, 0.3) is 0 Å². The van der Waals surface area contributed by atoms with Crippen LogP contribution in [0, 0.1) is 6.92 Å². The highest BCUT2D eigenvalue weighted by Gasteiger charge is 2.18. The fourth-order valence-corrected chi connectivity index (χ4v) is 3.70. The molecule has 2 heterocycles. The molecule has 0 radical (unpaired) electrons. The van der Waals surface area contributed by atoms with Crippen LogP contribution in [0.15, 0.2) is 24.3 Å². The summed E-state index contributed by atoms with van der Waals surface area (Å²) in [7, 11) is 5.83. The first-order valence-corrected chi connectivity index (χ1v) is 10.5. The van der Waals surface area contributed by atoms with Crippen LogP contribution in [0.3, 0.4) is 0 Å². The number of likely N-dealkylation sites (N-methyl/N-ethyl adjacent to an activating group) is 1. The van der Waals surface area contributed by atoms with Gasteiger partial charge in [0.1, 0.15) is 12.7 Å². The number of piperazine rings is 1. The molecule has 0 amide bonds. The Morgan fingerprint density at radius 3 is 2.60 bits per heavy atom. The van der Waals surface area contributed by atoms with Gasteiger partial charge < -0.3 is 19.5 Å². The predicted molar refractivity (Wildman–Crippen MR) is 117 cm³/mol. The number of aliphatic hydroxyl groups is 1. The molecule has 1 aliphatic rings. The molecule has 8 nitrogen and oxygen atoms in total. The van der Waals surface area contributed by atoms with E-state index in [1.165, 1.54) is 0 Å². The third-order valence-corrected chi connectivity index (χ3v) is 5.37. The topological polar surface area (TPSA) is 77.1 Å². The molecule has 0 aliphatic carbocycles. The molecule has 0 saturated carbocycles. The predicted octanol–water partition coefficient (Wildman–Crippen LogP) is 1.35. The van der Waals surface area contributed by atoms with Crippen LogP contribution in [0.4, 0.5) is 0 Å². The van der Waals surface area contributed by atoms with Crippen LogP contribution in [-0.4, -0.2) is 96.6 Å². The highest BCUT2D eigenvalue weighted by atomic mass is 16.5. The van der Waals surface area contributed by atoms with Crippen molar-refractivity contribution in [3.05, 3.63) is 41.2 Å². The quantitative estimate of drug-likeness (QED) is 0.604. The average molecular weight is 418 g/mol. The lowest BCUT2D eigenvalue weighted by molar-refractivity contribution is 0.0497. The summed E-state index contributed by atoms with van der Waals surface area (Å²) in [5.74, 6) is 1.34. The number of hydrogen-bond acceptors (Lipinski definition) is 7. The summed E-state index contributed by atoms with van der Waals surface area (Å²) < 4.78 is 11.4. The molecule has 1 fully saturated rings. The largest absolute Gasteiger partial charge is 0.493 e. The van der Waals surface area contributed by atoms with E-state index in [2.05, 4.69) is 45.1 Å². The van der Waals surface area contributed by atoms with Crippen molar-refractivity contribution in [3.8, 4) is 11.5 Å². The number of H-pyrrole nitrogens is 1. The van der Waals surface area contributed by atoms with Gasteiger partial charge in [-0.25, -0.2) is 0 Å². The van der Waals surface area contributed by atoms with Gasteiger partial charge in [0.25, 0.3) is 0 Å². The molecule has 8 heteroatoms. The van der Waals surface area contributed by atoms with Gasteiger partial charge in [0.05, 0.1) is 12.8 Å². The molecule has 166 valence electrons. The van der Waals surface area contributed by atoms with Gasteiger partial charge >= 0.3 is 0 Å². The molecule has 1 aromatic carbocycles. The zero-order valence-electron chi connectivity index (χ0n) is 18.6. The van der Waals surface area contributed by atoms with Crippen LogP contribution in [0.1, 0.15) is 17.0 Å². The van der Waals surface area contributed by atoms with Gasteiger partial charge in [-0.15, -0.1) is 0 Å². The molecule has 2 aromatic rings. The number of hydrogen-bond donors (Lipinski definition) is 2. The van der Waals surface area contributed by atoms with E-state index in [9.17, 15) is 5.11 Å². The highest BCUT2D eigenvalue weighted by Crippen LogP contribution is 2.29. The number of aryl methyl sites for hydroxylation is 1. The first kappa shape index (κ1) is 22.6. The van der Waals surface area contributed by atoms with Crippen molar-refractivity contribution in [2.24, 2.45) is 0 Å². The molecule has 1 aliphatic heterocycles. The van der Waals surface area contributed by atoms with Crippen molar-refractivity contribution in [1.82, 2.24) is 24.9 Å². The van der Waals surface area contributed by atoms with Crippen LogP contribution in [-0.2, 0) is 13.1 Å². The highest BCUT2D eigenvalue weighted by molar-refractivity contribution is 5.43. The van der Waals surface area contributed by atoms with Crippen LogP contribution in [0.5, 0.6) is 11.5 Å². The number of aromatic nitrogens is 2. The number of nitrogens with zero attached hydrogens (tertiary/aromatic N) is 4. The van der Waals surface area contributed by atoms with Crippen LogP contribution in [0.2, 0.25) is 0 Å². The number of methoxy groups -OCH3 is 1. The Hall–Kier alpha value is -2.13. The maximum Gasteiger partial charge on any atom is 0.161 e. The van der Waals surface area contributed by atoms with Crippen LogP contribution < -0.4 is 9.47 Å². The Morgan fingerprint density at radius 1 is 1.17 bits per heavy atom. The number of nitrogens with one attached hydrogen (secondary N) is 1. The summed E-state index contributed by atoms with van der Waals surface area (Å²) in [5.41, 5.74) is 3.20. The molecule has 1 aromatic heterocycles. The van der Waals surface area contributed by atoms with E-state index in [1.807, 2.05) is 25.1 Å². The zero-order valence-corrected chi connectivity index (χ0v) is 18.6. The number of aliphatic hydroxyl groups excluding tert-OH is 1. The number of ether oxygens (including phenoxy) is 2. The molecule has 1 saturated heterocycles. The molecule has 30 heavy (non-hydrogen) atoms. The second-order valence-electron chi connectivity index (χ2n) is 8.27.